The summed E-state index contributed by atoms with van der Waals surface area (Å²) >= 11 is 1.35. The molecule has 2 aromatic rings. The van der Waals surface area contributed by atoms with E-state index in [2.05, 4.69) is 20.6 Å². The number of aromatic amines is 1. The van der Waals surface area contributed by atoms with E-state index in [-0.39, 0.29) is 11.8 Å². The molecule has 3 N–H and O–H groups in total. The van der Waals surface area contributed by atoms with E-state index in [1.165, 1.54) is 11.3 Å². The number of nitrogens with zero attached hydrogens (tertiary/aromatic N) is 1. The second kappa shape index (κ2) is 7.58. The third-order valence-electron chi connectivity index (χ3n) is 2.93. The maximum atomic E-state index is 11.9. The van der Waals surface area contributed by atoms with E-state index in [0.717, 1.165) is 18.7 Å². The lowest BCUT2D eigenvalue weighted by molar-refractivity contribution is -0.122. The summed E-state index contributed by atoms with van der Waals surface area (Å²) in [6.45, 7) is 2.23. The number of H-pyrrole nitrogens is 1. The summed E-state index contributed by atoms with van der Waals surface area (Å²) < 4.78 is 0. The van der Waals surface area contributed by atoms with E-state index < -0.39 is 6.04 Å². The molecule has 2 heterocycles. The molecule has 1 unspecified atom stereocenters. The Bertz CT molecular complexity index is 566. The summed E-state index contributed by atoms with van der Waals surface area (Å²) in [6.07, 6.45) is 5.06. The minimum Gasteiger partial charge on any atom is -0.354 e. The lowest BCUT2D eigenvalue weighted by Gasteiger charge is -2.13. The Morgan fingerprint density at radius 2 is 2.33 bits per heavy atom. The van der Waals surface area contributed by atoms with Crippen molar-refractivity contribution in [1.82, 2.24) is 20.6 Å². The van der Waals surface area contributed by atoms with Crippen molar-refractivity contribution in [3.63, 3.8) is 0 Å². The number of imidazole rings is 1. The molecule has 21 heavy (non-hydrogen) atoms. The van der Waals surface area contributed by atoms with Gasteiger partial charge in [0.2, 0.25) is 5.91 Å². The molecule has 0 radical (unpaired) electrons. The first-order valence-electron chi connectivity index (χ1n) is 6.77. The van der Waals surface area contributed by atoms with Gasteiger partial charge in [0.05, 0.1) is 4.88 Å². The van der Waals surface area contributed by atoms with Gasteiger partial charge in [0.15, 0.2) is 0 Å². The van der Waals surface area contributed by atoms with Crippen LogP contribution in [-0.4, -0.2) is 34.4 Å². The number of thiophene rings is 1. The number of nitrogens with one attached hydrogen (secondary N) is 3. The molecule has 0 saturated carbocycles. The van der Waals surface area contributed by atoms with Gasteiger partial charge in [-0.05, 0) is 24.8 Å². The van der Waals surface area contributed by atoms with Crippen LogP contribution in [0.5, 0.6) is 0 Å². The van der Waals surface area contributed by atoms with Crippen LogP contribution in [0.3, 0.4) is 0 Å². The number of hydrogen-bond acceptors (Lipinski definition) is 4. The molecule has 0 spiro atoms. The largest absolute Gasteiger partial charge is 0.354 e. The molecule has 0 bridgehead atoms. The average molecular weight is 306 g/mol. The molecular formula is C14H18N4O2S. The van der Waals surface area contributed by atoms with Gasteiger partial charge in [-0.3, -0.25) is 9.59 Å². The highest BCUT2D eigenvalue weighted by Crippen LogP contribution is 2.08. The van der Waals surface area contributed by atoms with E-state index in [4.69, 9.17) is 0 Å². The number of aryl methyl sites for hydroxylation is 1. The van der Waals surface area contributed by atoms with Crippen LogP contribution in [0.25, 0.3) is 0 Å². The van der Waals surface area contributed by atoms with E-state index >= 15 is 0 Å². The molecule has 2 aromatic heterocycles. The summed E-state index contributed by atoms with van der Waals surface area (Å²) in [4.78, 5) is 31.4. The fourth-order valence-electron chi connectivity index (χ4n) is 1.80. The van der Waals surface area contributed by atoms with Crippen molar-refractivity contribution >= 4 is 23.2 Å². The Balaban J connectivity index is 1.66. The molecule has 2 rings (SSSR count). The van der Waals surface area contributed by atoms with E-state index in [9.17, 15) is 9.59 Å². The number of hydrogen-bond donors (Lipinski definition) is 3. The van der Waals surface area contributed by atoms with E-state index in [1.54, 1.807) is 31.5 Å². The third-order valence-corrected chi connectivity index (χ3v) is 3.80. The molecule has 7 heteroatoms. The van der Waals surface area contributed by atoms with Crippen molar-refractivity contribution in [2.45, 2.75) is 25.8 Å². The van der Waals surface area contributed by atoms with E-state index in [1.807, 2.05) is 5.38 Å². The molecule has 112 valence electrons. The van der Waals surface area contributed by atoms with Crippen molar-refractivity contribution in [3.8, 4) is 0 Å². The zero-order valence-electron chi connectivity index (χ0n) is 11.8. The number of aromatic nitrogens is 2. The highest BCUT2D eigenvalue weighted by Gasteiger charge is 2.16. The Morgan fingerprint density at radius 1 is 1.48 bits per heavy atom. The van der Waals surface area contributed by atoms with Crippen LogP contribution < -0.4 is 10.6 Å². The summed E-state index contributed by atoms with van der Waals surface area (Å²) in [6, 6.07) is 2.98. The van der Waals surface area contributed by atoms with Gasteiger partial charge in [-0.2, -0.15) is 0 Å². The van der Waals surface area contributed by atoms with Crippen LogP contribution in [0.15, 0.2) is 29.9 Å². The predicted octanol–water partition coefficient (Wildman–Crippen LogP) is 1.34. The molecule has 1 atom stereocenters. The van der Waals surface area contributed by atoms with Crippen molar-refractivity contribution in [2.75, 3.05) is 6.54 Å². The molecule has 0 fully saturated rings. The maximum absolute atomic E-state index is 11.9. The first-order valence-corrected chi connectivity index (χ1v) is 7.65. The number of amides is 2. The van der Waals surface area contributed by atoms with Crippen LogP contribution in [0, 0.1) is 0 Å². The standard InChI is InChI=1S/C14H18N4O2S/c1-10(18-14(20)11-4-3-9-21-11)13(19)17-6-2-5-12-15-7-8-16-12/h3-4,7-10H,2,5-6H2,1H3,(H,15,16)(H,17,19)(H,18,20). The topological polar surface area (TPSA) is 86.9 Å². The van der Waals surface area contributed by atoms with Crippen LogP contribution >= 0.6 is 11.3 Å². The van der Waals surface area contributed by atoms with Crippen molar-refractivity contribution in [2.24, 2.45) is 0 Å². The van der Waals surface area contributed by atoms with Crippen LogP contribution in [-0.2, 0) is 11.2 Å². The first-order chi connectivity index (χ1) is 10.2. The van der Waals surface area contributed by atoms with Gasteiger partial charge in [0, 0.05) is 25.4 Å². The summed E-state index contributed by atoms with van der Waals surface area (Å²) in [5.41, 5.74) is 0. The molecule has 0 aliphatic carbocycles. The van der Waals surface area contributed by atoms with Crippen LogP contribution in [0.1, 0.15) is 28.8 Å². The van der Waals surface area contributed by atoms with Crippen molar-refractivity contribution in [1.29, 1.82) is 0 Å². The van der Waals surface area contributed by atoms with Crippen LogP contribution in [0.2, 0.25) is 0 Å². The van der Waals surface area contributed by atoms with Crippen LogP contribution in [0.4, 0.5) is 0 Å². The van der Waals surface area contributed by atoms with Gasteiger partial charge >= 0.3 is 0 Å². The minimum absolute atomic E-state index is 0.181. The fraction of sp³-hybridized carbons (Fsp3) is 0.357. The highest BCUT2D eigenvalue weighted by molar-refractivity contribution is 7.12. The maximum Gasteiger partial charge on any atom is 0.261 e. The predicted molar refractivity (Wildman–Crippen MR) is 81.2 cm³/mol. The van der Waals surface area contributed by atoms with Gasteiger partial charge in [-0.25, -0.2) is 4.98 Å². The zero-order valence-corrected chi connectivity index (χ0v) is 12.6. The lowest BCUT2D eigenvalue weighted by Crippen LogP contribution is -2.44. The third kappa shape index (κ3) is 4.71. The smallest absolute Gasteiger partial charge is 0.261 e. The summed E-state index contributed by atoms with van der Waals surface area (Å²) in [5, 5.41) is 7.31. The zero-order chi connectivity index (χ0) is 15.1. The Morgan fingerprint density at radius 3 is 3.00 bits per heavy atom. The second-order valence-corrected chi connectivity index (χ2v) is 5.55. The molecular weight excluding hydrogens is 288 g/mol. The molecule has 2 amide bonds. The SMILES string of the molecule is CC(NC(=O)c1cccs1)C(=O)NCCCc1ncc[nH]1. The lowest BCUT2D eigenvalue weighted by atomic mass is 10.2. The quantitative estimate of drug-likeness (QED) is 0.675. The number of carbonyl (C=O) groups excluding carboxylic acids is 2. The van der Waals surface area contributed by atoms with Gasteiger partial charge < -0.3 is 15.6 Å². The molecule has 0 aliphatic rings. The molecule has 0 aromatic carbocycles. The summed E-state index contributed by atoms with van der Waals surface area (Å²) in [7, 11) is 0. The monoisotopic (exact) mass is 306 g/mol. The normalized spacial score (nSPS) is 11.9. The second-order valence-electron chi connectivity index (χ2n) is 4.60. The average Bonchev–Trinajstić information content (AvgIpc) is 3.15. The van der Waals surface area contributed by atoms with Crippen molar-refractivity contribution in [3.05, 3.63) is 40.6 Å². The van der Waals surface area contributed by atoms with E-state index in [0.29, 0.717) is 11.4 Å². The Hall–Kier alpha value is -2.15. The van der Waals surface area contributed by atoms with Gasteiger partial charge in [-0.15, -0.1) is 11.3 Å². The molecule has 0 saturated heterocycles. The van der Waals surface area contributed by atoms with Gasteiger partial charge in [-0.1, -0.05) is 6.07 Å². The Kier molecular flexibility index (Phi) is 5.51. The highest BCUT2D eigenvalue weighted by atomic mass is 32.1. The molecule has 0 aliphatic heterocycles. The van der Waals surface area contributed by atoms with Crippen molar-refractivity contribution < 1.29 is 9.59 Å². The first kappa shape index (κ1) is 15.2. The molecule has 6 nitrogen and oxygen atoms in total. The fourth-order valence-corrected chi connectivity index (χ4v) is 2.42. The summed E-state index contributed by atoms with van der Waals surface area (Å²) in [5.74, 6) is 0.505. The van der Waals surface area contributed by atoms with Gasteiger partial charge in [0.1, 0.15) is 11.9 Å². The number of rotatable bonds is 7. The number of carbonyl (C=O) groups is 2. The van der Waals surface area contributed by atoms with Gasteiger partial charge in [0.25, 0.3) is 5.91 Å². The Labute approximate surface area is 127 Å². The minimum atomic E-state index is -0.553.